The highest BCUT2D eigenvalue weighted by atomic mass is 19.1. The number of hydrogen-bond donors (Lipinski definition) is 3. The maximum Gasteiger partial charge on any atom is 0.407 e. The molecule has 1 heterocycles. The van der Waals surface area contributed by atoms with E-state index in [2.05, 4.69) is 20.9 Å². The summed E-state index contributed by atoms with van der Waals surface area (Å²) in [5, 5.41) is 18.5. The number of ether oxygens (including phenoxy) is 2. The fraction of sp³-hybridized carbons (Fsp3) is 0.458. The molecular formula is C24H30FN5O3. The smallest absolute Gasteiger partial charge is 0.407 e. The van der Waals surface area contributed by atoms with E-state index in [0.29, 0.717) is 11.4 Å². The number of aromatic nitrogens is 1. The molecule has 1 fully saturated rings. The minimum atomic E-state index is -0.641. The highest BCUT2D eigenvalue weighted by Gasteiger charge is 2.37. The van der Waals surface area contributed by atoms with Gasteiger partial charge in [0.15, 0.2) is 17.5 Å². The molecule has 1 aromatic heterocycles. The molecule has 1 aromatic carbocycles. The number of alkyl carbamates (subject to hydrolysis) is 1. The molecule has 0 aliphatic heterocycles. The van der Waals surface area contributed by atoms with Gasteiger partial charge < -0.3 is 25.4 Å². The van der Waals surface area contributed by atoms with Crippen molar-refractivity contribution >= 4 is 23.4 Å². The van der Waals surface area contributed by atoms with Gasteiger partial charge in [0.25, 0.3) is 0 Å². The lowest BCUT2D eigenvalue weighted by Gasteiger charge is -2.28. The van der Waals surface area contributed by atoms with E-state index in [1.807, 2.05) is 13.0 Å². The van der Waals surface area contributed by atoms with Crippen molar-refractivity contribution in [2.45, 2.75) is 58.2 Å². The van der Waals surface area contributed by atoms with E-state index < -0.39 is 17.5 Å². The van der Waals surface area contributed by atoms with E-state index in [0.717, 1.165) is 18.9 Å². The molecule has 2 aromatic rings. The maximum atomic E-state index is 14.8. The topological polar surface area (TPSA) is 108 Å². The average molecular weight is 456 g/mol. The molecule has 1 aliphatic rings. The van der Waals surface area contributed by atoms with Gasteiger partial charge in [0.2, 0.25) is 0 Å². The monoisotopic (exact) mass is 455 g/mol. The van der Waals surface area contributed by atoms with Gasteiger partial charge in [-0.15, -0.1) is 0 Å². The third kappa shape index (κ3) is 6.72. The van der Waals surface area contributed by atoms with Crippen molar-refractivity contribution in [3.63, 3.8) is 0 Å². The highest BCUT2D eigenvalue weighted by Crippen LogP contribution is 2.36. The summed E-state index contributed by atoms with van der Waals surface area (Å²) in [6, 6.07) is 9.66. The first-order valence-electron chi connectivity index (χ1n) is 10.9. The van der Waals surface area contributed by atoms with Crippen molar-refractivity contribution in [3.05, 3.63) is 41.7 Å². The lowest BCUT2D eigenvalue weighted by molar-refractivity contribution is 0.0501. The molecule has 0 radical (unpaired) electrons. The van der Waals surface area contributed by atoms with Crippen LogP contribution in [0, 0.1) is 23.1 Å². The molecule has 1 amide bonds. The minimum Gasteiger partial charge on any atom is -0.497 e. The molecule has 2 atom stereocenters. The number of nitrogens with one attached hydrogen (secondary N) is 3. The van der Waals surface area contributed by atoms with E-state index in [9.17, 15) is 14.4 Å². The number of amides is 1. The molecule has 0 spiro atoms. The molecule has 33 heavy (non-hydrogen) atoms. The predicted molar refractivity (Wildman–Crippen MR) is 124 cm³/mol. The molecule has 1 saturated carbocycles. The van der Waals surface area contributed by atoms with E-state index in [1.54, 1.807) is 52.1 Å². The Morgan fingerprint density at radius 1 is 1.27 bits per heavy atom. The molecule has 9 heteroatoms. The molecule has 1 aliphatic carbocycles. The number of rotatable bonds is 8. The number of carbonyl (C=O) groups is 1. The van der Waals surface area contributed by atoms with Crippen LogP contribution in [0.5, 0.6) is 5.75 Å². The van der Waals surface area contributed by atoms with Crippen molar-refractivity contribution < 1.29 is 18.7 Å². The fourth-order valence-electron chi connectivity index (χ4n) is 3.46. The Morgan fingerprint density at radius 3 is 2.61 bits per heavy atom. The van der Waals surface area contributed by atoms with Crippen LogP contribution in [0.4, 0.5) is 26.5 Å². The minimum absolute atomic E-state index is 0.00846. The summed E-state index contributed by atoms with van der Waals surface area (Å²) in [6.45, 7) is 7.22. The lowest BCUT2D eigenvalue weighted by Crippen LogP contribution is -2.47. The van der Waals surface area contributed by atoms with Crippen molar-refractivity contribution in [1.82, 2.24) is 10.3 Å². The number of nitriles is 1. The zero-order valence-electron chi connectivity index (χ0n) is 19.5. The average Bonchev–Trinajstić information content (AvgIpc) is 3.57. The highest BCUT2D eigenvalue weighted by molar-refractivity contribution is 5.68. The van der Waals surface area contributed by atoms with E-state index >= 15 is 0 Å². The molecule has 0 unspecified atom stereocenters. The second kappa shape index (κ2) is 9.94. The predicted octanol–water partition coefficient (Wildman–Crippen LogP) is 4.95. The summed E-state index contributed by atoms with van der Waals surface area (Å²) < 4.78 is 25.4. The number of carbonyl (C=O) groups excluding carboxylic acids is 1. The van der Waals surface area contributed by atoms with Crippen LogP contribution in [0.1, 0.15) is 46.1 Å². The number of hydrogen-bond acceptors (Lipinski definition) is 7. The second-order valence-electron chi connectivity index (χ2n) is 9.13. The quantitative estimate of drug-likeness (QED) is 0.517. The van der Waals surface area contributed by atoms with Gasteiger partial charge in [0.1, 0.15) is 17.4 Å². The molecule has 176 valence electrons. The summed E-state index contributed by atoms with van der Waals surface area (Å²) in [5.41, 5.74) is 0.103. The van der Waals surface area contributed by atoms with Crippen LogP contribution < -0.4 is 20.7 Å². The van der Waals surface area contributed by atoms with Gasteiger partial charge in [0, 0.05) is 17.8 Å². The standard InChI is InChI=1S/C24H30FN5O3/c1-14(27-23(31)33-24(2,3)4)20(15-9-10-15)29-22-19(25)11-16(13-26)21(30-22)28-17-7-6-8-18(12-17)32-5/h6-8,11-12,14-15,20H,9-10H2,1-5H3,(H,27,31)(H2,28,29,30)/t14-,20-/m0/s1. The van der Waals surface area contributed by atoms with Crippen molar-refractivity contribution in [3.8, 4) is 11.8 Å². The number of benzene rings is 1. The summed E-state index contributed by atoms with van der Waals surface area (Å²) in [5.74, 6) is 0.486. The number of methoxy groups -OCH3 is 1. The largest absolute Gasteiger partial charge is 0.497 e. The van der Waals surface area contributed by atoms with Crippen LogP contribution in [0.2, 0.25) is 0 Å². The van der Waals surface area contributed by atoms with Gasteiger partial charge >= 0.3 is 6.09 Å². The summed E-state index contributed by atoms with van der Waals surface area (Å²) >= 11 is 0. The zero-order chi connectivity index (χ0) is 24.2. The Labute approximate surface area is 193 Å². The molecular weight excluding hydrogens is 425 g/mol. The van der Waals surface area contributed by atoms with Gasteiger partial charge in [-0.3, -0.25) is 0 Å². The SMILES string of the molecule is COc1cccc(Nc2nc(N[C@H](C3CC3)[C@H](C)NC(=O)OC(C)(C)C)c(F)cc2C#N)c1. The van der Waals surface area contributed by atoms with Gasteiger partial charge in [-0.25, -0.2) is 14.2 Å². The first-order chi connectivity index (χ1) is 15.6. The maximum absolute atomic E-state index is 14.8. The third-order valence-corrected chi connectivity index (χ3v) is 5.15. The van der Waals surface area contributed by atoms with E-state index in [1.165, 1.54) is 0 Å². The van der Waals surface area contributed by atoms with Crippen LogP contribution in [-0.4, -0.2) is 35.9 Å². The molecule has 3 N–H and O–H groups in total. The number of anilines is 3. The van der Waals surface area contributed by atoms with E-state index in [-0.39, 0.29) is 35.2 Å². The van der Waals surface area contributed by atoms with Crippen LogP contribution >= 0.6 is 0 Å². The Morgan fingerprint density at radius 2 is 2.00 bits per heavy atom. The van der Waals surface area contributed by atoms with Gasteiger partial charge in [-0.2, -0.15) is 5.26 Å². The zero-order valence-corrected chi connectivity index (χ0v) is 19.5. The van der Waals surface area contributed by atoms with Crippen molar-refractivity contribution in [2.24, 2.45) is 5.92 Å². The van der Waals surface area contributed by atoms with Crippen molar-refractivity contribution in [1.29, 1.82) is 5.26 Å². The summed E-state index contributed by atoms with van der Waals surface area (Å²) in [6.07, 6.45) is 1.39. The first-order valence-corrected chi connectivity index (χ1v) is 10.9. The fourth-order valence-corrected chi connectivity index (χ4v) is 3.46. The van der Waals surface area contributed by atoms with E-state index in [4.69, 9.17) is 9.47 Å². The second-order valence-corrected chi connectivity index (χ2v) is 9.13. The number of halogens is 1. The number of nitrogens with zero attached hydrogens (tertiary/aromatic N) is 2. The van der Waals surface area contributed by atoms with Crippen LogP contribution in [0.25, 0.3) is 0 Å². The van der Waals surface area contributed by atoms with Gasteiger partial charge in [0.05, 0.1) is 18.7 Å². The molecule has 8 nitrogen and oxygen atoms in total. The molecule has 0 bridgehead atoms. The Kier molecular flexibility index (Phi) is 7.26. The summed E-state index contributed by atoms with van der Waals surface area (Å²) in [4.78, 5) is 16.6. The lowest BCUT2D eigenvalue weighted by atomic mass is 10.0. The Balaban J connectivity index is 1.81. The van der Waals surface area contributed by atoms with Gasteiger partial charge in [-0.05, 0) is 64.7 Å². The molecule has 0 saturated heterocycles. The van der Waals surface area contributed by atoms with Crippen LogP contribution in [-0.2, 0) is 4.74 Å². The van der Waals surface area contributed by atoms with Crippen LogP contribution in [0.15, 0.2) is 30.3 Å². The summed E-state index contributed by atoms with van der Waals surface area (Å²) in [7, 11) is 1.56. The Hall–Kier alpha value is -3.54. The first kappa shape index (κ1) is 24.1. The normalized spacial score (nSPS) is 15.1. The Bertz CT molecular complexity index is 1040. The molecule has 3 rings (SSSR count). The number of pyridine rings is 1. The third-order valence-electron chi connectivity index (χ3n) is 5.15. The van der Waals surface area contributed by atoms with Crippen molar-refractivity contribution in [2.75, 3.05) is 17.7 Å². The van der Waals surface area contributed by atoms with Crippen LogP contribution in [0.3, 0.4) is 0 Å². The van der Waals surface area contributed by atoms with Gasteiger partial charge in [-0.1, -0.05) is 6.07 Å².